The van der Waals surface area contributed by atoms with Crippen molar-refractivity contribution in [3.63, 3.8) is 0 Å². The smallest absolute Gasteiger partial charge is 0.262 e. The van der Waals surface area contributed by atoms with Crippen molar-refractivity contribution in [2.45, 2.75) is 13.3 Å². The first-order valence-corrected chi connectivity index (χ1v) is 8.59. The summed E-state index contributed by atoms with van der Waals surface area (Å²) in [6.45, 7) is 6.33. The number of piperazine rings is 1. The van der Waals surface area contributed by atoms with Crippen LogP contribution in [0.2, 0.25) is 0 Å². The molecule has 0 unspecified atom stereocenters. The number of allylic oxidation sites excluding steroid dienone is 3. The third-order valence-electron chi connectivity index (χ3n) is 4.03. The van der Waals surface area contributed by atoms with Crippen LogP contribution in [0.15, 0.2) is 54.6 Å². The van der Waals surface area contributed by atoms with Crippen molar-refractivity contribution in [1.82, 2.24) is 15.8 Å². The third kappa shape index (κ3) is 6.81. The van der Waals surface area contributed by atoms with E-state index in [1.165, 1.54) is 11.8 Å². The summed E-state index contributed by atoms with van der Waals surface area (Å²) < 4.78 is 0. The van der Waals surface area contributed by atoms with Crippen molar-refractivity contribution in [2.24, 2.45) is 0 Å². The number of hydrazine groups is 1. The SMILES string of the molecule is CC=CC=CC(=O)NNC(=O)CCN1CCN(c2ccccc2)CC1. The number of para-hydroxylation sites is 1. The molecule has 1 aromatic rings. The van der Waals surface area contributed by atoms with Gasteiger partial charge in [-0.15, -0.1) is 0 Å². The molecule has 1 heterocycles. The molecule has 0 radical (unpaired) electrons. The summed E-state index contributed by atoms with van der Waals surface area (Å²) in [7, 11) is 0. The summed E-state index contributed by atoms with van der Waals surface area (Å²) >= 11 is 0. The Morgan fingerprint density at radius 2 is 1.76 bits per heavy atom. The lowest BCUT2D eigenvalue weighted by Crippen LogP contribution is -2.48. The van der Waals surface area contributed by atoms with Gasteiger partial charge in [-0.05, 0) is 19.1 Å². The fourth-order valence-electron chi connectivity index (χ4n) is 2.62. The topological polar surface area (TPSA) is 64.7 Å². The third-order valence-corrected chi connectivity index (χ3v) is 4.03. The van der Waals surface area contributed by atoms with Crippen LogP contribution >= 0.6 is 0 Å². The Balaban J connectivity index is 1.62. The van der Waals surface area contributed by atoms with Gasteiger partial charge in [-0.2, -0.15) is 0 Å². The van der Waals surface area contributed by atoms with E-state index in [4.69, 9.17) is 0 Å². The number of nitrogens with zero attached hydrogens (tertiary/aromatic N) is 2. The number of carbonyl (C=O) groups excluding carboxylic acids is 2. The molecule has 2 N–H and O–H groups in total. The molecule has 2 rings (SSSR count). The summed E-state index contributed by atoms with van der Waals surface area (Å²) in [5.74, 6) is -0.527. The molecule has 6 heteroatoms. The number of nitrogens with one attached hydrogen (secondary N) is 2. The van der Waals surface area contributed by atoms with Crippen molar-refractivity contribution < 1.29 is 9.59 Å². The van der Waals surface area contributed by atoms with Gasteiger partial charge in [-0.1, -0.05) is 36.4 Å². The zero-order valence-corrected chi connectivity index (χ0v) is 14.6. The predicted molar refractivity (Wildman–Crippen MR) is 100.0 cm³/mol. The fourth-order valence-corrected chi connectivity index (χ4v) is 2.62. The van der Waals surface area contributed by atoms with Crippen LogP contribution in [0.5, 0.6) is 0 Å². The van der Waals surface area contributed by atoms with Gasteiger partial charge in [0, 0.05) is 50.9 Å². The van der Waals surface area contributed by atoms with Crippen molar-refractivity contribution in [2.75, 3.05) is 37.6 Å². The van der Waals surface area contributed by atoms with E-state index >= 15 is 0 Å². The van der Waals surface area contributed by atoms with E-state index in [2.05, 4.69) is 32.8 Å². The molecule has 0 saturated carbocycles. The molecule has 6 nitrogen and oxygen atoms in total. The molecule has 0 bridgehead atoms. The van der Waals surface area contributed by atoms with E-state index in [0.717, 1.165) is 26.2 Å². The molecular formula is C19H26N4O2. The molecule has 0 spiro atoms. The van der Waals surface area contributed by atoms with Crippen LogP contribution < -0.4 is 15.8 Å². The summed E-state index contributed by atoms with van der Waals surface area (Å²) in [6.07, 6.45) is 6.91. The summed E-state index contributed by atoms with van der Waals surface area (Å²) in [4.78, 5) is 27.9. The number of carbonyl (C=O) groups is 2. The van der Waals surface area contributed by atoms with Crippen LogP contribution in [0.3, 0.4) is 0 Å². The first kappa shape index (κ1) is 18.7. The van der Waals surface area contributed by atoms with Gasteiger partial charge in [0.05, 0.1) is 0 Å². The average Bonchev–Trinajstić information content (AvgIpc) is 2.66. The van der Waals surface area contributed by atoms with Crippen molar-refractivity contribution in [1.29, 1.82) is 0 Å². The van der Waals surface area contributed by atoms with Gasteiger partial charge in [-0.3, -0.25) is 25.3 Å². The summed E-state index contributed by atoms with van der Waals surface area (Å²) in [6, 6.07) is 10.4. The number of amides is 2. The highest BCUT2D eigenvalue weighted by molar-refractivity contribution is 5.89. The lowest BCUT2D eigenvalue weighted by Gasteiger charge is -2.36. The largest absolute Gasteiger partial charge is 0.369 e. The molecule has 25 heavy (non-hydrogen) atoms. The highest BCUT2D eigenvalue weighted by Gasteiger charge is 2.17. The van der Waals surface area contributed by atoms with Crippen molar-refractivity contribution in [3.8, 4) is 0 Å². The second kappa shape index (κ2) is 10.3. The second-order valence-corrected chi connectivity index (χ2v) is 5.84. The first-order valence-electron chi connectivity index (χ1n) is 8.59. The van der Waals surface area contributed by atoms with Gasteiger partial charge < -0.3 is 4.90 Å². The van der Waals surface area contributed by atoms with Gasteiger partial charge in [0.25, 0.3) is 5.91 Å². The van der Waals surface area contributed by atoms with E-state index in [0.29, 0.717) is 13.0 Å². The van der Waals surface area contributed by atoms with Crippen LogP contribution in [0.25, 0.3) is 0 Å². The Kier molecular flexibility index (Phi) is 7.72. The van der Waals surface area contributed by atoms with E-state index in [-0.39, 0.29) is 11.8 Å². The van der Waals surface area contributed by atoms with Gasteiger partial charge in [-0.25, -0.2) is 0 Å². The van der Waals surface area contributed by atoms with Crippen LogP contribution in [0.4, 0.5) is 5.69 Å². The predicted octanol–water partition coefficient (Wildman–Crippen LogP) is 1.48. The molecule has 1 saturated heterocycles. The van der Waals surface area contributed by atoms with Crippen molar-refractivity contribution >= 4 is 17.5 Å². The number of hydrogen-bond donors (Lipinski definition) is 2. The minimum absolute atomic E-state index is 0.182. The minimum atomic E-state index is -0.345. The molecule has 1 fully saturated rings. The zero-order chi connectivity index (χ0) is 17.9. The number of hydrogen-bond acceptors (Lipinski definition) is 4. The van der Waals surface area contributed by atoms with E-state index < -0.39 is 0 Å². The molecule has 0 atom stereocenters. The monoisotopic (exact) mass is 342 g/mol. The fraction of sp³-hybridized carbons (Fsp3) is 0.368. The summed E-state index contributed by atoms with van der Waals surface area (Å²) in [5, 5.41) is 0. The number of anilines is 1. The minimum Gasteiger partial charge on any atom is -0.369 e. The van der Waals surface area contributed by atoms with Crippen LogP contribution in [-0.4, -0.2) is 49.4 Å². The van der Waals surface area contributed by atoms with E-state index in [1.807, 2.05) is 31.2 Å². The van der Waals surface area contributed by atoms with Gasteiger partial charge in [0.2, 0.25) is 5.91 Å². The highest BCUT2D eigenvalue weighted by Crippen LogP contribution is 2.15. The maximum absolute atomic E-state index is 11.8. The molecule has 134 valence electrons. The number of benzene rings is 1. The van der Waals surface area contributed by atoms with Crippen LogP contribution in [0.1, 0.15) is 13.3 Å². The quantitative estimate of drug-likeness (QED) is 0.467. The van der Waals surface area contributed by atoms with E-state index in [1.54, 1.807) is 12.2 Å². The van der Waals surface area contributed by atoms with Crippen molar-refractivity contribution in [3.05, 3.63) is 54.6 Å². The van der Waals surface area contributed by atoms with Crippen LogP contribution in [0, 0.1) is 0 Å². The second-order valence-electron chi connectivity index (χ2n) is 5.84. The lowest BCUT2D eigenvalue weighted by atomic mass is 10.2. The normalized spacial score (nSPS) is 15.6. The van der Waals surface area contributed by atoms with Crippen LogP contribution in [-0.2, 0) is 9.59 Å². The lowest BCUT2D eigenvalue weighted by molar-refractivity contribution is -0.127. The molecule has 1 aliphatic heterocycles. The maximum atomic E-state index is 11.8. The maximum Gasteiger partial charge on any atom is 0.262 e. The van der Waals surface area contributed by atoms with E-state index in [9.17, 15) is 9.59 Å². The molecule has 2 amide bonds. The Morgan fingerprint density at radius 1 is 1.04 bits per heavy atom. The molecule has 0 aliphatic carbocycles. The standard InChI is InChI=1S/C19H26N4O2/c1-2-3-5-10-18(24)20-21-19(25)11-12-22-13-15-23(16-14-22)17-8-6-4-7-9-17/h2-10H,11-16H2,1H3,(H,20,24)(H,21,25). The van der Waals surface area contributed by atoms with Gasteiger partial charge in [0.15, 0.2) is 0 Å². The summed E-state index contributed by atoms with van der Waals surface area (Å²) in [5.41, 5.74) is 6.05. The Bertz CT molecular complexity index is 605. The van der Waals surface area contributed by atoms with Gasteiger partial charge >= 0.3 is 0 Å². The molecule has 0 aromatic heterocycles. The molecule has 1 aliphatic rings. The highest BCUT2D eigenvalue weighted by atomic mass is 16.2. The van der Waals surface area contributed by atoms with Gasteiger partial charge in [0.1, 0.15) is 0 Å². The Labute approximate surface area is 149 Å². The number of rotatable bonds is 6. The molecule has 1 aromatic carbocycles. The first-order chi connectivity index (χ1) is 12.2. The Morgan fingerprint density at radius 3 is 2.44 bits per heavy atom. The molecular weight excluding hydrogens is 316 g/mol. The zero-order valence-electron chi connectivity index (χ0n) is 14.6. The average molecular weight is 342 g/mol. The Hall–Kier alpha value is -2.60.